The highest BCUT2D eigenvalue weighted by atomic mass is 16.6. The molecule has 1 amide bonds. The van der Waals surface area contributed by atoms with Crippen LogP contribution in [0.1, 0.15) is 35.8 Å². The van der Waals surface area contributed by atoms with E-state index in [0.29, 0.717) is 0 Å². The molecule has 0 aliphatic carbocycles. The third-order valence-corrected chi connectivity index (χ3v) is 4.69. The zero-order chi connectivity index (χ0) is 22.4. The van der Waals surface area contributed by atoms with Gasteiger partial charge in [0.1, 0.15) is 0 Å². The van der Waals surface area contributed by atoms with Crippen molar-refractivity contribution in [3.8, 4) is 5.75 Å². The maximum atomic E-state index is 12.3. The van der Waals surface area contributed by atoms with E-state index >= 15 is 0 Å². The first-order chi connectivity index (χ1) is 14.9. The number of carbonyl (C=O) groups is 2. The van der Waals surface area contributed by atoms with Gasteiger partial charge in [0.25, 0.3) is 5.91 Å². The summed E-state index contributed by atoms with van der Waals surface area (Å²) >= 11 is 0. The summed E-state index contributed by atoms with van der Waals surface area (Å²) in [5.74, 6) is -1.25. The van der Waals surface area contributed by atoms with E-state index in [0.717, 1.165) is 22.4 Å². The third-order valence-electron chi connectivity index (χ3n) is 4.69. The number of hydrogen-bond acceptors (Lipinski definition) is 6. The highest BCUT2D eigenvalue weighted by molar-refractivity contribution is 5.92. The summed E-state index contributed by atoms with van der Waals surface area (Å²) in [6.07, 6.45) is 0. The van der Waals surface area contributed by atoms with E-state index in [1.165, 1.54) is 12.1 Å². The Kier molecular flexibility index (Phi) is 6.81. The second-order valence-corrected chi connectivity index (χ2v) is 6.81. The highest BCUT2D eigenvalue weighted by Crippen LogP contribution is 2.28. The van der Waals surface area contributed by atoms with E-state index in [9.17, 15) is 19.7 Å². The molecule has 160 valence electrons. The van der Waals surface area contributed by atoms with Crippen LogP contribution in [0.3, 0.4) is 0 Å². The Labute approximate surface area is 178 Å². The van der Waals surface area contributed by atoms with Crippen LogP contribution in [0.4, 0.5) is 5.69 Å². The fourth-order valence-electron chi connectivity index (χ4n) is 3.27. The molecule has 0 aromatic heterocycles. The first-order valence-corrected chi connectivity index (χ1v) is 9.76. The first-order valence-electron chi connectivity index (χ1n) is 9.76. The average molecular weight is 422 g/mol. The molecule has 1 unspecified atom stereocenters. The van der Waals surface area contributed by atoms with E-state index in [4.69, 9.17) is 9.47 Å². The number of hydrogen-bond donors (Lipinski definition) is 1. The van der Waals surface area contributed by atoms with Crippen LogP contribution in [-0.4, -0.2) is 30.0 Å². The Morgan fingerprint density at radius 2 is 1.84 bits per heavy atom. The summed E-state index contributed by atoms with van der Waals surface area (Å²) in [7, 11) is 0. The number of ether oxygens (including phenoxy) is 2. The fourth-order valence-corrected chi connectivity index (χ4v) is 3.27. The van der Waals surface area contributed by atoms with Crippen molar-refractivity contribution in [3.63, 3.8) is 0 Å². The standard InChI is InChI=1S/C23H22N2O6/c1-3-30-21-12-11-17(13-20(21)25(28)29)23(27)31-14-22(26)24-15(2)18-10-6-8-16-7-4-5-9-19(16)18/h4-13,15H,3,14H2,1-2H3,(H,24,26). The monoisotopic (exact) mass is 422 g/mol. The molecule has 0 bridgehead atoms. The minimum atomic E-state index is -0.834. The number of carbonyl (C=O) groups excluding carboxylic acids is 2. The molecule has 3 aromatic carbocycles. The number of esters is 1. The first kappa shape index (κ1) is 21.8. The van der Waals surface area contributed by atoms with Crippen LogP contribution >= 0.6 is 0 Å². The second kappa shape index (κ2) is 9.71. The molecule has 8 heteroatoms. The molecule has 0 spiro atoms. The summed E-state index contributed by atoms with van der Waals surface area (Å²) in [5, 5.41) is 16.1. The molecule has 3 aromatic rings. The molecule has 1 N–H and O–H groups in total. The van der Waals surface area contributed by atoms with Crippen molar-refractivity contribution in [3.05, 3.63) is 81.9 Å². The Morgan fingerprint density at radius 1 is 1.10 bits per heavy atom. The summed E-state index contributed by atoms with van der Waals surface area (Å²) < 4.78 is 10.2. The molecule has 0 saturated heterocycles. The largest absolute Gasteiger partial charge is 0.487 e. The molecule has 3 rings (SSSR count). The molecule has 8 nitrogen and oxygen atoms in total. The van der Waals surface area contributed by atoms with Gasteiger partial charge in [0, 0.05) is 6.07 Å². The van der Waals surface area contributed by atoms with Crippen LogP contribution in [0.15, 0.2) is 60.7 Å². The van der Waals surface area contributed by atoms with E-state index in [1.54, 1.807) is 6.92 Å². The molecule has 0 saturated carbocycles. The Bertz CT molecular complexity index is 1120. The normalized spacial score (nSPS) is 11.5. The molecular formula is C23H22N2O6. The van der Waals surface area contributed by atoms with Crippen molar-refractivity contribution in [2.24, 2.45) is 0 Å². The molecule has 0 fully saturated rings. The quantitative estimate of drug-likeness (QED) is 0.331. The fraction of sp³-hybridized carbons (Fsp3) is 0.217. The van der Waals surface area contributed by atoms with Gasteiger partial charge in [-0.25, -0.2) is 4.79 Å². The van der Waals surface area contributed by atoms with E-state index < -0.39 is 23.4 Å². The van der Waals surface area contributed by atoms with Crippen LogP contribution in [0, 0.1) is 10.1 Å². The number of nitrogens with zero attached hydrogens (tertiary/aromatic N) is 1. The van der Waals surface area contributed by atoms with Crippen molar-refractivity contribution in [2.45, 2.75) is 19.9 Å². The van der Waals surface area contributed by atoms with Gasteiger partial charge >= 0.3 is 11.7 Å². The lowest BCUT2D eigenvalue weighted by molar-refractivity contribution is -0.385. The molecular weight excluding hydrogens is 400 g/mol. The molecule has 0 heterocycles. The van der Waals surface area contributed by atoms with Crippen molar-refractivity contribution in [1.29, 1.82) is 0 Å². The SMILES string of the molecule is CCOc1ccc(C(=O)OCC(=O)NC(C)c2cccc3ccccc23)cc1[N+](=O)[O-]. The van der Waals surface area contributed by atoms with Gasteiger partial charge in [-0.15, -0.1) is 0 Å². The zero-order valence-electron chi connectivity index (χ0n) is 17.2. The predicted molar refractivity (Wildman–Crippen MR) is 115 cm³/mol. The van der Waals surface area contributed by atoms with Crippen LogP contribution in [0.2, 0.25) is 0 Å². The summed E-state index contributed by atoms with van der Waals surface area (Å²) in [4.78, 5) is 35.1. The number of rotatable bonds is 8. The van der Waals surface area contributed by atoms with Gasteiger partial charge in [0.05, 0.1) is 23.1 Å². The van der Waals surface area contributed by atoms with E-state index in [-0.39, 0.29) is 29.6 Å². The number of nitro groups is 1. The van der Waals surface area contributed by atoms with Gasteiger partial charge in [-0.05, 0) is 42.3 Å². The predicted octanol–water partition coefficient (Wildman–Crippen LogP) is 4.18. The van der Waals surface area contributed by atoms with Crippen LogP contribution in [-0.2, 0) is 9.53 Å². The lowest BCUT2D eigenvalue weighted by atomic mass is 10.00. The number of nitro benzene ring substituents is 1. The third kappa shape index (κ3) is 5.16. The smallest absolute Gasteiger partial charge is 0.338 e. The maximum absolute atomic E-state index is 12.3. The van der Waals surface area contributed by atoms with E-state index in [2.05, 4.69) is 5.32 Å². The lowest BCUT2D eigenvalue weighted by Crippen LogP contribution is -2.31. The van der Waals surface area contributed by atoms with Crippen LogP contribution < -0.4 is 10.1 Å². The zero-order valence-corrected chi connectivity index (χ0v) is 17.2. The van der Waals surface area contributed by atoms with Crippen molar-refractivity contribution >= 4 is 28.3 Å². The number of fused-ring (bicyclic) bond motifs is 1. The van der Waals surface area contributed by atoms with Gasteiger partial charge in [0.15, 0.2) is 12.4 Å². The Hall–Kier alpha value is -3.94. The summed E-state index contributed by atoms with van der Waals surface area (Å²) in [5.41, 5.74) is 0.565. The molecule has 31 heavy (non-hydrogen) atoms. The summed E-state index contributed by atoms with van der Waals surface area (Å²) in [6.45, 7) is 3.29. The Balaban J connectivity index is 1.63. The molecule has 0 aliphatic rings. The van der Waals surface area contributed by atoms with Gasteiger partial charge in [0.2, 0.25) is 0 Å². The minimum Gasteiger partial charge on any atom is -0.487 e. The van der Waals surface area contributed by atoms with E-state index in [1.807, 2.05) is 49.4 Å². The van der Waals surface area contributed by atoms with Gasteiger partial charge in [-0.1, -0.05) is 42.5 Å². The van der Waals surface area contributed by atoms with Crippen molar-refractivity contribution in [2.75, 3.05) is 13.2 Å². The Morgan fingerprint density at radius 3 is 2.58 bits per heavy atom. The highest BCUT2D eigenvalue weighted by Gasteiger charge is 2.20. The second-order valence-electron chi connectivity index (χ2n) is 6.81. The molecule has 0 radical (unpaired) electrons. The maximum Gasteiger partial charge on any atom is 0.338 e. The van der Waals surface area contributed by atoms with Crippen molar-refractivity contribution < 1.29 is 24.0 Å². The van der Waals surface area contributed by atoms with Crippen LogP contribution in [0.25, 0.3) is 10.8 Å². The van der Waals surface area contributed by atoms with Crippen LogP contribution in [0.5, 0.6) is 5.75 Å². The van der Waals surface area contributed by atoms with Gasteiger partial charge in [-0.3, -0.25) is 14.9 Å². The molecule has 1 atom stereocenters. The van der Waals surface area contributed by atoms with Gasteiger partial charge < -0.3 is 14.8 Å². The number of nitrogens with one attached hydrogen (secondary N) is 1. The number of amides is 1. The topological polar surface area (TPSA) is 108 Å². The lowest BCUT2D eigenvalue weighted by Gasteiger charge is -2.16. The number of benzene rings is 3. The molecule has 0 aliphatic heterocycles. The summed E-state index contributed by atoms with van der Waals surface area (Å²) in [6, 6.07) is 17.1. The van der Waals surface area contributed by atoms with Gasteiger partial charge in [-0.2, -0.15) is 0 Å². The minimum absolute atomic E-state index is 0.0370. The average Bonchev–Trinajstić information content (AvgIpc) is 2.77. The van der Waals surface area contributed by atoms with Crippen molar-refractivity contribution in [1.82, 2.24) is 5.32 Å².